The van der Waals surface area contributed by atoms with Crippen LogP contribution < -0.4 is 4.84 Å². The molecule has 0 N–H and O–H groups in total. The zero-order valence-corrected chi connectivity index (χ0v) is 11.9. The molecule has 2 aromatic rings. The van der Waals surface area contributed by atoms with E-state index >= 15 is 0 Å². The second-order valence-corrected chi connectivity index (χ2v) is 4.05. The lowest BCUT2D eigenvalue weighted by Gasteiger charge is -2.07. The highest BCUT2D eigenvalue weighted by atomic mass is 35.5. The first-order chi connectivity index (χ1) is 8.83. The molecule has 4 heteroatoms. The molecular formula is C15H19ClN2O. The Morgan fingerprint density at radius 3 is 2.68 bits per heavy atom. The van der Waals surface area contributed by atoms with Crippen LogP contribution in [0.2, 0.25) is 0 Å². The summed E-state index contributed by atoms with van der Waals surface area (Å²) >= 11 is 0. The van der Waals surface area contributed by atoms with E-state index in [1.165, 1.54) is 5.56 Å². The Morgan fingerprint density at radius 2 is 2.05 bits per heavy atom. The first kappa shape index (κ1) is 15.3. The summed E-state index contributed by atoms with van der Waals surface area (Å²) in [7, 11) is 0. The SMILES string of the molecule is C=CCc1cn(OCC)c(Cc2ccccc2)n1.Cl. The van der Waals surface area contributed by atoms with Crippen molar-refractivity contribution in [3.8, 4) is 0 Å². The van der Waals surface area contributed by atoms with Gasteiger partial charge < -0.3 is 4.84 Å². The summed E-state index contributed by atoms with van der Waals surface area (Å²) < 4.78 is 1.77. The average Bonchev–Trinajstić information content (AvgIpc) is 2.74. The fraction of sp³-hybridized carbons (Fsp3) is 0.267. The van der Waals surface area contributed by atoms with Crippen LogP contribution in [0.15, 0.2) is 49.2 Å². The molecule has 1 heterocycles. The van der Waals surface area contributed by atoms with E-state index < -0.39 is 0 Å². The summed E-state index contributed by atoms with van der Waals surface area (Å²) in [5.74, 6) is 0.930. The van der Waals surface area contributed by atoms with Crippen LogP contribution in [0.4, 0.5) is 0 Å². The zero-order valence-electron chi connectivity index (χ0n) is 11.1. The van der Waals surface area contributed by atoms with Crippen molar-refractivity contribution in [1.29, 1.82) is 0 Å². The molecule has 0 radical (unpaired) electrons. The Labute approximate surface area is 120 Å². The van der Waals surface area contributed by atoms with Crippen molar-refractivity contribution in [2.75, 3.05) is 6.61 Å². The molecule has 0 fully saturated rings. The molecule has 0 unspecified atom stereocenters. The number of allylic oxidation sites excluding steroid dienone is 1. The number of hydrogen-bond donors (Lipinski definition) is 0. The van der Waals surface area contributed by atoms with E-state index in [2.05, 4.69) is 23.7 Å². The van der Waals surface area contributed by atoms with Crippen LogP contribution in [0.1, 0.15) is 24.0 Å². The van der Waals surface area contributed by atoms with Gasteiger partial charge in [0.1, 0.15) is 12.4 Å². The molecule has 0 saturated carbocycles. The van der Waals surface area contributed by atoms with Gasteiger partial charge in [-0.15, -0.1) is 19.0 Å². The van der Waals surface area contributed by atoms with Gasteiger partial charge in [-0.25, -0.2) is 4.98 Å². The minimum absolute atomic E-state index is 0. The molecule has 0 aliphatic carbocycles. The van der Waals surface area contributed by atoms with E-state index in [-0.39, 0.29) is 12.4 Å². The lowest BCUT2D eigenvalue weighted by molar-refractivity contribution is 0.115. The largest absolute Gasteiger partial charge is 0.413 e. The molecule has 3 nitrogen and oxygen atoms in total. The van der Waals surface area contributed by atoms with Gasteiger partial charge in [-0.1, -0.05) is 36.4 Å². The Balaban J connectivity index is 0.00000180. The Morgan fingerprint density at radius 1 is 1.32 bits per heavy atom. The van der Waals surface area contributed by atoms with Gasteiger partial charge in [-0.3, -0.25) is 0 Å². The third kappa shape index (κ3) is 4.14. The number of benzene rings is 1. The van der Waals surface area contributed by atoms with Crippen molar-refractivity contribution in [3.05, 3.63) is 66.3 Å². The monoisotopic (exact) mass is 278 g/mol. The van der Waals surface area contributed by atoms with Crippen molar-refractivity contribution in [1.82, 2.24) is 9.71 Å². The second kappa shape index (κ2) is 7.64. The smallest absolute Gasteiger partial charge is 0.149 e. The van der Waals surface area contributed by atoms with Crippen molar-refractivity contribution in [2.45, 2.75) is 19.8 Å². The highest BCUT2D eigenvalue weighted by Gasteiger charge is 2.08. The quantitative estimate of drug-likeness (QED) is 0.760. The molecule has 0 saturated heterocycles. The third-order valence-electron chi connectivity index (χ3n) is 2.62. The van der Waals surface area contributed by atoms with Crippen LogP contribution >= 0.6 is 12.4 Å². The van der Waals surface area contributed by atoms with Crippen molar-refractivity contribution < 1.29 is 4.84 Å². The van der Waals surface area contributed by atoms with Gasteiger partial charge in [0.05, 0.1) is 11.9 Å². The van der Waals surface area contributed by atoms with Gasteiger partial charge in [0.2, 0.25) is 0 Å². The fourth-order valence-corrected chi connectivity index (χ4v) is 1.85. The molecule has 2 rings (SSSR count). The van der Waals surface area contributed by atoms with E-state index in [1.54, 1.807) is 4.73 Å². The predicted octanol–water partition coefficient (Wildman–Crippen LogP) is 3.07. The molecule has 0 amide bonds. The summed E-state index contributed by atoms with van der Waals surface area (Å²) in [6.07, 6.45) is 5.33. The molecule has 102 valence electrons. The van der Waals surface area contributed by atoms with Gasteiger partial charge in [-0.2, -0.15) is 4.73 Å². The number of nitrogens with zero attached hydrogens (tertiary/aromatic N) is 2. The third-order valence-corrected chi connectivity index (χ3v) is 2.62. The van der Waals surface area contributed by atoms with Gasteiger partial charge in [-0.05, 0) is 12.5 Å². The number of hydrogen-bond acceptors (Lipinski definition) is 2. The maximum Gasteiger partial charge on any atom is 0.149 e. The maximum atomic E-state index is 5.56. The normalized spacial score (nSPS) is 9.74. The Bertz CT molecular complexity index is 508. The molecule has 0 atom stereocenters. The van der Waals surface area contributed by atoms with Gasteiger partial charge in [0.15, 0.2) is 0 Å². The van der Waals surface area contributed by atoms with Crippen LogP contribution in [0.25, 0.3) is 0 Å². The highest BCUT2D eigenvalue weighted by molar-refractivity contribution is 5.85. The molecule has 1 aromatic carbocycles. The summed E-state index contributed by atoms with van der Waals surface area (Å²) in [4.78, 5) is 10.1. The number of imidazole rings is 1. The molecule has 1 aromatic heterocycles. The summed E-state index contributed by atoms with van der Waals surface area (Å²) in [6.45, 7) is 6.34. The first-order valence-corrected chi connectivity index (χ1v) is 6.18. The Hall–Kier alpha value is -1.74. The van der Waals surface area contributed by atoms with Crippen LogP contribution in [0.5, 0.6) is 0 Å². The molecule has 0 bridgehead atoms. The summed E-state index contributed by atoms with van der Waals surface area (Å²) in [5, 5.41) is 0. The van der Waals surface area contributed by atoms with E-state index in [1.807, 2.05) is 37.4 Å². The van der Waals surface area contributed by atoms with Crippen LogP contribution in [-0.4, -0.2) is 16.3 Å². The van der Waals surface area contributed by atoms with Gasteiger partial charge >= 0.3 is 0 Å². The molecular weight excluding hydrogens is 260 g/mol. The Kier molecular flexibility index (Phi) is 6.16. The maximum absolute atomic E-state index is 5.56. The lowest BCUT2D eigenvalue weighted by atomic mass is 10.1. The predicted molar refractivity (Wildman–Crippen MR) is 79.7 cm³/mol. The molecule has 19 heavy (non-hydrogen) atoms. The van der Waals surface area contributed by atoms with Crippen molar-refractivity contribution in [2.24, 2.45) is 0 Å². The second-order valence-electron chi connectivity index (χ2n) is 4.05. The fourth-order valence-electron chi connectivity index (χ4n) is 1.85. The standard InChI is InChI=1S/C15H18N2O.ClH/c1-3-8-14-12-17(18-4-2)15(16-14)11-13-9-6-5-7-10-13;/h3,5-7,9-10,12H,1,4,8,11H2,2H3;1H. The van der Waals surface area contributed by atoms with Crippen LogP contribution in [-0.2, 0) is 12.8 Å². The number of rotatable bonds is 6. The summed E-state index contributed by atoms with van der Waals surface area (Å²) in [5.41, 5.74) is 2.22. The van der Waals surface area contributed by atoms with Crippen molar-refractivity contribution >= 4 is 12.4 Å². The topological polar surface area (TPSA) is 27.1 Å². The molecule has 0 spiro atoms. The summed E-state index contributed by atoms with van der Waals surface area (Å²) in [6, 6.07) is 10.3. The number of halogens is 1. The molecule has 0 aliphatic rings. The minimum atomic E-state index is 0. The number of aromatic nitrogens is 2. The van der Waals surface area contributed by atoms with Gasteiger partial charge in [0, 0.05) is 12.8 Å². The van der Waals surface area contributed by atoms with E-state index in [4.69, 9.17) is 4.84 Å². The zero-order chi connectivity index (χ0) is 12.8. The van der Waals surface area contributed by atoms with E-state index in [9.17, 15) is 0 Å². The van der Waals surface area contributed by atoms with E-state index in [0.717, 1.165) is 24.4 Å². The van der Waals surface area contributed by atoms with Gasteiger partial charge in [0.25, 0.3) is 0 Å². The lowest BCUT2D eigenvalue weighted by Crippen LogP contribution is -2.13. The van der Waals surface area contributed by atoms with Crippen LogP contribution in [0.3, 0.4) is 0 Å². The minimum Gasteiger partial charge on any atom is -0.413 e. The first-order valence-electron chi connectivity index (χ1n) is 6.18. The highest BCUT2D eigenvalue weighted by Crippen LogP contribution is 2.10. The average molecular weight is 279 g/mol. The molecule has 0 aliphatic heterocycles. The van der Waals surface area contributed by atoms with E-state index in [0.29, 0.717) is 6.61 Å². The van der Waals surface area contributed by atoms with Crippen LogP contribution in [0, 0.1) is 0 Å². The van der Waals surface area contributed by atoms with Crippen molar-refractivity contribution in [3.63, 3.8) is 0 Å².